The van der Waals surface area contributed by atoms with Crippen molar-refractivity contribution in [1.82, 2.24) is 10.2 Å². The van der Waals surface area contributed by atoms with E-state index in [0.717, 1.165) is 36.0 Å². The minimum absolute atomic E-state index is 0.0346. The number of hydrogen-bond donors (Lipinski definition) is 5. The molecule has 2 rings (SSSR count). The van der Waals surface area contributed by atoms with Crippen LogP contribution < -0.4 is 28.3 Å². The van der Waals surface area contributed by atoms with E-state index in [9.17, 15) is 14.4 Å². The van der Waals surface area contributed by atoms with Crippen molar-refractivity contribution in [2.45, 2.75) is 58.2 Å². The molecule has 0 spiro atoms. The van der Waals surface area contributed by atoms with Crippen LogP contribution in [-0.4, -0.2) is 41.3 Å². The van der Waals surface area contributed by atoms with Crippen molar-refractivity contribution in [3.05, 3.63) is 70.8 Å². The molecule has 0 saturated heterocycles. The van der Waals surface area contributed by atoms with Crippen molar-refractivity contribution in [2.24, 2.45) is 27.9 Å². The number of benzene rings is 2. The van der Waals surface area contributed by atoms with E-state index in [2.05, 4.69) is 17.2 Å². The van der Waals surface area contributed by atoms with Crippen LogP contribution in [0.25, 0.3) is 0 Å². The normalized spacial score (nSPS) is 11.4. The second kappa shape index (κ2) is 14.3. The number of rotatable bonds is 14. The molecule has 194 valence electrons. The number of amides is 4. The number of nitrogens with zero attached hydrogens (tertiary/aromatic N) is 2. The highest BCUT2D eigenvalue weighted by atomic mass is 16.2. The smallest absolute Gasteiger partial charge is 0.312 e. The van der Waals surface area contributed by atoms with Gasteiger partial charge in [0.05, 0.1) is 0 Å². The summed E-state index contributed by atoms with van der Waals surface area (Å²) in [6, 6.07) is 13.3. The van der Waals surface area contributed by atoms with Crippen LogP contribution in [-0.2, 0) is 24.3 Å². The number of nitrogens with one attached hydrogen (secondary N) is 1. The van der Waals surface area contributed by atoms with Crippen LogP contribution >= 0.6 is 0 Å². The molecule has 2 aromatic rings. The van der Waals surface area contributed by atoms with Crippen LogP contribution in [0.1, 0.15) is 59.7 Å². The number of unbranched alkanes of at least 4 members (excludes halogenated alkanes) is 1. The predicted octanol–water partition coefficient (Wildman–Crippen LogP) is 1.75. The summed E-state index contributed by atoms with van der Waals surface area (Å²) in [5, 5.41) is 2.53. The number of carbonyl (C=O) groups excluding carboxylic acids is 3. The molecule has 0 unspecified atom stereocenters. The molecule has 0 saturated carbocycles. The molecule has 10 nitrogen and oxygen atoms in total. The number of urea groups is 1. The predicted molar refractivity (Wildman–Crippen MR) is 141 cm³/mol. The van der Waals surface area contributed by atoms with Crippen LogP contribution in [0.2, 0.25) is 0 Å². The summed E-state index contributed by atoms with van der Waals surface area (Å²) in [6.07, 6.45) is 3.90. The lowest BCUT2D eigenvalue weighted by atomic mass is 10.0. The molecular weight excluding hydrogens is 458 g/mol. The summed E-state index contributed by atoms with van der Waals surface area (Å²) in [4.78, 5) is 42.5. The van der Waals surface area contributed by atoms with E-state index in [-0.39, 0.29) is 25.0 Å². The van der Waals surface area contributed by atoms with E-state index < -0.39 is 18.0 Å². The first kappa shape index (κ1) is 28.2. The van der Waals surface area contributed by atoms with Gasteiger partial charge < -0.3 is 33.2 Å². The van der Waals surface area contributed by atoms with E-state index in [4.69, 9.17) is 22.9 Å². The van der Waals surface area contributed by atoms with Crippen molar-refractivity contribution >= 4 is 23.8 Å². The number of carbonyl (C=O) groups is 3. The number of primary amides is 2. The Morgan fingerprint density at radius 2 is 1.50 bits per heavy atom. The first-order chi connectivity index (χ1) is 17.2. The summed E-state index contributed by atoms with van der Waals surface area (Å²) >= 11 is 0. The zero-order chi connectivity index (χ0) is 26.5. The van der Waals surface area contributed by atoms with Gasteiger partial charge in [0.25, 0.3) is 5.91 Å². The zero-order valence-electron chi connectivity index (χ0n) is 20.8. The molecule has 4 amide bonds. The Morgan fingerprint density at radius 3 is 2.06 bits per heavy atom. The standard InChI is InChI=1S/C26H37N7O3/c1-2-3-5-18-11-13-21(14-12-18)24(35)33(22(23(27)34)6-4-15-31-25(28)29)17-20-9-7-19(8-10-20)16-32-26(30)36/h7-14,22H,2-6,15-17H2,1H3,(H2,27,34)(H4,28,29,31)(H3,30,32,36)/t22-/m1/s1. The fourth-order valence-electron chi connectivity index (χ4n) is 3.78. The van der Waals surface area contributed by atoms with Crippen molar-refractivity contribution in [1.29, 1.82) is 0 Å². The number of aliphatic imine (C=N–C) groups is 1. The van der Waals surface area contributed by atoms with Crippen molar-refractivity contribution < 1.29 is 14.4 Å². The average Bonchev–Trinajstić information content (AvgIpc) is 2.85. The van der Waals surface area contributed by atoms with Crippen LogP contribution in [0.5, 0.6) is 0 Å². The van der Waals surface area contributed by atoms with Gasteiger partial charge in [0.1, 0.15) is 6.04 Å². The van der Waals surface area contributed by atoms with Gasteiger partial charge >= 0.3 is 6.03 Å². The van der Waals surface area contributed by atoms with Crippen molar-refractivity contribution in [3.8, 4) is 0 Å². The monoisotopic (exact) mass is 495 g/mol. The molecular formula is C26H37N7O3. The maximum atomic E-state index is 13.6. The molecule has 0 bridgehead atoms. The SMILES string of the molecule is CCCCc1ccc(C(=O)N(Cc2ccc(CNC(N)=O)cc2)[C@H](CCCN=C(N)N)C(N)=O)cc1. The van der Waals surface area contributed by atoms with Gasteiger partial charge in [0, 0.05) is 25.2 Å². The first-order valence-corrected chi connectivity index (χ1v) is 12.1. The van der Waals surface area contributed by atoms with Gasteiger partial charge in [-0.1, -0.05) is 49.7 Å². The minimum Gasteiger partial charge on any atom is -0.370 e. The Morgan fingerprint density at radius 1 is 0.889 bits per heavy atom. The molecule has 0 aromatic heterocycles. The van der Waals surface area contributed by atoms with Gasteiger partial charge in [-0.3, -0.25) is 14.6 Å². The molecule has 9 N–H and O–H groups in total. The second-order valence-electron chi connectivity index (χ2n) is 8.63. The highest BCUT2D eigenvalue weighted by molar-refractivity contribution is 5.97. The molecule has 36 heavy (non-hydrogen) atoms. The topological polar surface area (TPSA) is 183 Å². The van der Waals surface area contributed by atoms with Crippen LogP contribution in [0, 0.1) is 0 Å². The zero-order valence-corrected chi connectivity index (χ0v) is 20.8. The van der Waals surface area contributed by atoms with Crippen LogP contribution in [0.4, 0.5) is 4.79 Å². The lowest BCUT2D eigenvalue weighted by Crippen LogP contribution is -2.47. The van der Waals surface area contributed by atoms with Crippen molar-refractivity contribution in [3.63, 3.8) is 0 Å². The summed E-state index contributed by atoms with van der Waals surface area (Å²) in [6.45, 7) is 2.92. The third kappa shape index (κ3) is 9.28. The second-order valence-corrected chi connectivity index (χ2v) is 8.63. The van der Waals surface area contributed by atoms with Crippen LogP contribution in [0.15, 0.2) is 53.5 Å². The fourth-order valence-corrected chi connectivity index (χ4v) is 3.78. The van der Waals surface area contributed by atoms with Gasteiger partial charge in [-0.2, -0.15) is 0 Å². The van der Waals surface area contributed by atoms with E-state index in [1.165, 1.54) is 4.90 Å². The number of nitrogens with two attached hydrogens (primary N) is 4. The number of hydrogen-bond acceptors (Lipinski definition) is 4. The molecule has 0 aliphatic carbocycles. The third-order valence-corrected chi connectivity index (χ3v) is 5.76. The Balaban J connectivity index is 2.28. The number of aryl methyl sites for hydroxylation is 1. The van der Waals surface area contributed by atoms with E-state index in [1.54, 1.807) is 12.1 Å². The summed E-state index contributed by atoms with van der Waals surface area (Å²) in [7, 11) is 0. The first-order valence-electron chi connectivity index (χ1n) is 12.1. The highest BCUT2D eigenvalue weighted by Crippen LogP contribution is 2.19. The Labute approximate surface area is 212 Å². The lowest BCUT2D eigenvalue weighted by Gasteiger charge is -2.30. The molecule has 0 fully saturated rings. The van der Waals surface area contributed by atoms with Gasteiger partial charge in [-0.05, 0) is 54.5 Å². The minimum atomic E-state index is -0.845. The van der Waals surface area contributed by atoms with Gasteiger partial charge in [-0.25, -0.2) is 4.79 Å². The highest BCUT2D eigenvalue weighted by Gasteiger charge is 2.29. The van der Waals surface area contributed by atoms with Crippen LogP contribution in [0.3, 0.4) is 0 Å². The van der Waals surface area contributed by atoms with Gasteiger partial charge in [0.15, 0.2) is 5.96 Å². The maximum Gasteiger partial charge on any atom is 0.312 e. The summed E-state index contributed by atoms with van der Waals surface area (Å²) < 4.78 is 0. The molecule has 0 aliphatic rings. The fraction of sp³-hybridized carbons (Fsp3) is 0.385. The Bertz CT molecular complexity index is 1030. The van der Waals surface area contributed by atoms with Crippen molar-refractivity contribution in [2.75, 3.05) is 6.54 Å². The third-order valence-electron chi connectivity index (χ3n) is 5.76. The average molecular weight is 496 g/mol. The molecule has 0 radical (unpaired) electrons. The van der Waals surface area contributed by atoms with E-state index in [0.29, 0.717) is 24.9 Å². The molecule has 10 heteroatoms. The summed E-state index contributed by atoms with van der Waals surface area (Å²) in [5.74, 6) is -0.926. The maximum absolute atomic E-state index is 13.6. The summed E-state index contributed by atoms with van der Waals surface area (Å²) in [5.41, 5.74) is 24.9. The molecule has 0 heterocycles. The Kier molecular flexibility index (Phi) is 11.2. The lowest BCUT2D eigenvalue weighted by molar-refractivity contribution is -0.122. The quantitative estimate of drug-likeness (QED) is 0.152. The van der Waals surface area contributed by atoms with E-state index in [1.807, 2.05) is 36.4 Å². The van der Waals surface area contributed by atoms with E-state index >= 15 is 0 Å². The van der Waals surface area contributed by atoms with Gasteiger partial charge in [0.2, 0.25) is 5.91 Å². The largest absolute Gasteiger partial charge is 0.370 e. The molecule has 0 aliphatic heterocycles. The molecule has 1 atom stereocenters. The van der Waals surface area contributed by atoms with Gasteiger partial charge in [-0.15, -0.1) is 0 Å². The molecule has 2 aromatic carbocycles. The number of guanidine groups is 1. The Hall–Kier alpha value is -4.08.